The molecule has 1 unspecified atom stereocenters. The van der Waals surface area contributed by atoms with Crippen molar-refractivity contribution in [3.05, 3.63) is 30.1 Å². The predicted octanol–water partition coefficient (Wildman–Crippen LogP) is 0.834. The molecule has 1 rings (SSSR count). The molecule has 0 saturated carbocycles. The first-order chi connectivity index (χ1) is 8.01. The molecule has 0 heterocycles. The van der Waals surface area contributed by atoms with Crippen molar-refractivity contribution in [3.63, 3.8) is 0 Å². The van der Waals surface area contributed by atoms with Crippen LogP contribution in [0.1, 0.15) is 0 Å². The summed E-state index contributed by atoms with van der Waals surface area (Å²) in [6.45, 7) is 0.254. The van der Waals surface area contributed by atoms with E-state index in [4.69, 9.17) is 4.74 Å². The van der Waals surface area contributed by atoms with E-state index in [2.05, 4.69) is 5.32 Å². The summed E-state index contributed by atoms with van der Waals surface area (Å²) >= 11 is 0. The third-order valence-electron chi connectivity index (χ3n) is 2.37. The lowest BCUT2D eigenvalue weighted by atomic mass is 10.3. The Balaban J connectivity index is 2.92. The van der Waals surface area contributed by atoms with Gasteiger partial charge >= 0.3 is 0 Å². The Kier molecular flexibility index (Phi) is 5.04. The number of hydrogen-bond donors (Lipinski definition) is 1. The average molecular weight is 261 g/mol. The first-order valence-corrected chi connectivity index (χ1v) is 6.80. The van der Waals surface area contributed by atoms with Crippen LogP contribution in [-0.4, -0.2) is 41.0 Å². The van der Waals surface area contributed by atoms with E-state index < -0.39 is 15.7 Å². The molecule has 0 amide bonds. The standard InChI is InChI=1S/C11H16FNO3S/c1-13-9(7-16-2)8-17(14,15)11-6-4-3-5-10(11)12/h3-6,9,13H,7-8H2,1-2H3. The maximum absolute atomic E-state index is 13.4. The highest BCUT2D eigenvalue weighted by Gasteiger charge is 2.22. The van der Waals surface area contributed by atoms with E-state index in [1.54, 1.807) is 7.05 Å². The van der Waals surface area contributed by atoms with Gasteiger partial charge in [-0.3, -0.25) is 0 Å². The molecule has 1 aromatic carbocycles. The topological polar surface area (TPSA) is 55.4 Å². The van der Waals surface area contributed by atoms with E-state index in [0.717, 1.165) is 6.07 Å². The zero-order valence-electron chi connectivity index (χ0n) is 9.81. The van der Waals surface area contributed by atoms with Crippen molar-refractivity contribution in [3.8, 4) is 0 Å². The molecule has 0 aliphatic heterocycles. The van der Waals surface area contributed by atoms with E-state index in [1.165, 1.54) is 25.3 Å². The summed E-state index contributed by atoms with van der Waals surface area (Å²) in [5, 5.41) is 2.82. The second kappa shape index (κ2) is 6.09. The summed E-state index contributed by atoms with van der Waals surface area (Å²) in [5.74, 6) is -0.919. The van der Waals surface area contributed by atoms with Crippen LogP contribution >= 0.6 is 0 Å². The summed E-state index contributed by atoms with van der Waals surface area (Å²) < 4.78 is 42.2. The summed E-state index contributed by atoms with van der Waals surface area (Å²) in [5.41, 5.74) is 0. The number of rotatable bonds is 6. The van der Waals surface area contributed by atoms with Gasteiger partial charge in [0.05, 0.1) is 12.4 Å². The Labute approximate surface area is 101 Å². The molecular weight excluding hydrogens is 245 g/mol. The molecule has 0 fully saturated rings. The summed E-state index contributed by atoms with van der Waals surface area (Å²) in [6, 6.07) is 5.01. The van der Waals surface area contributed by atoms with Gasteiger partial charge in [-0.2, -0.15) is 0 Å². The summed E-state index contributed by atoms with van der Waals surface area (Å²) in [7, 11) is -0.516. The van der Waals surface area contributed by atoms with Crippen LogP contribution in [0.25, 0.3) is 0 Å². The van der Waals surface area contributed by atoms with Crippen molar-refractivity contribution in [2.24, 2.45) is 0 Å². The SMILES string of the molecule is CNC(COC)CS(=O)(=O)c1ccccc1F. The molecule has 4 nitrogen and oxygen atoms in total. The molecule has 0 aliphatic rings. The molecule has 0 aliphatic carbocycles. The molecule has 1 aromatic rings. The summed E-state index contributed by atoms with van der Waals surface area (Å²) in [6.07, 6.45) is 0. The van der Waals surface area contributed by atoms with E-state index >= 15 is 0 Å². The number of likely N-dealkylation sites (N-methyl/N-ethyl adjacent to an activating group) is 1. The van der Waals surface area contributed by atoms with Gasteiger partial charge < -0.3 is 10.1 Å². The fraction of sp³-hybridized carbons (Fsp3) is 0.455. The van der Waals surface area contributed by atoms with E-state index in [9.17, 15) is 12.8 Å². The molecule has 0 spiro atoms. The third-order valence-corrected chi connectivity index (χ3v) is 4.21. The largest absolute Gasteiger partial charge is 0.383 e. The Bertz CT molecular complexity index is 462. The number of hydrogen-bond acceptors (Lipinski definition) is 4. The minimum Gasteiger partial charge on any atom is -0.383 e. The molecule has 0 aromatic heterocycles. The fourth-order valence-electron chi connectivity index (χ4n) is 1.47. The monoisotopic (exact) mass is 261 g/mol. The van der Waals surface area contributed by atoms with Crippen molar-refractivity contribution in [2.75, 3.05) is 26.5 Å². The Morgan fingerprint density at radius 2 is 2.06 bits per heavy atom. The van der Waals surface area contributed by atoms with Gasteiger partial charge in [0.2, 0.25) is 0 Å². The number of nitrogens with one attached hydrogen (secondary N) is 1. The van der Waals surface area contributed by atoms with Crippen LogP contribution in [0.2, 0.25) is 0 Å². The van der Waals surface area contributed by atoms with Crippen molar-refractivity contribution in [1.82, 2.24) is 5.32 Å². The second-order valence-corrected chi connectivity index (χ2v) is 5.66. The van der Waals surface area contributed by atoms with Gasteiger partial charge in [0, 0.05) is 13.2 Å². The minimum absolute atomic E-state index is 0.196. The normalized spacial score (nSPS) is 13.6. The van der Waals surface area contributed by atoms with Crippen LogP contribution in [0.4, 0.5) is 4.39 Å². The smallest absolute Gasteiger partial charge is 0.182 e. The maximum atomic E-state index is 13.4. The van der Waals surface area contributed by atoms with Crippen molar-refractivity contribution < 1.29 is 17.5 Å². The number of methoxy groups -OCH3 is 1. The molecule has 1 N–H and O–H groups in total. The van der Waals surface area contributed by atoms with Gasteiger partial charge in [-0.05, 0) is 19.2 Å². The van der Waals surface area contributed by atoms with E-state index in [-0.39, 0.29) is 23.3 Å². The van der Waals surface area contributed by atoms with Gasteiger partial charge in [0.15, 0.2) is 9.84 Å². The Morgan fingerprint density at radius 3 is 2.59 bits per heavy atom. The fourth-order valence-corrected chi connectivity index (χ4v) is 3.09. The van der Waals surface area contributed by atoms with Gasteiger partial charge in [0.1, 0.15) is 10.7 Å². The Hall–Kier alpha value is -0.980. The number of halogens is 1. The lowest BCUT2D eigenvalue weighted by molar-refractivity contribution is 0.176. The van der Waals surface area contributed by atoms with Gasteiger partial charge in [-0.15, -0.1) is 0 Å². The molecule has 1 atom stereocenters. The van der Waals surface area contributed by atoms with Gasteiger partial charge in [-0.1, -0.05) is 12.1 Å². The number of benzene rings is 1. The molecule has 96 valence electrons. The quantitative estimate of drug-likeness (QED) is 0.824. The molecule has 17 heavy (non-hydrogen) atoms. The first-order valence-electron chi connectivity index (χ1n) is 5.14. The average Bonchev–Trinajstić information content (AvgIpc) is 2.28. The van der Waals surface area contributed by atoms with Crippen LogP contribution in [-0.2, 0) is 14.6 Å². The second-order valence-electron chi connectivity index (χ2n) is 3.65. The molecule has 6 heteroatoms. The van der Waals surface area contributed by atoms with Crippen molar-refractivity contribution >= 4 is 9.84 Å². The predicted molar refractivity (Wildman–Crippen MR) is 63.2 cm³/mol. The summed E-state index contributed by atoms with van der Waals surface area (Å²) in [4.78, 5) is -0.267. The highest BCUT2D eigenvalue weighted by Crippen LogP contribution is 2.16. The highest BCUT2D eigenvalue weighted by atomic mass is 32.2. The van der Waals surface area contributed by atoms with Crippen molar-refractivity contribution in [2.45, 2.75) is 10.9 Å². The van der Waals surface area contributed by atoms with E-state index in [1.807, 2.05) is 0 Å². The van der Waals surface area contributed by atoms with Crippen molar-refractivity contribution in [1.29, 1.82) is 0 Å². The number of ether oxygens (including phenoxy) is 1. The highest BCUT2D eigenvalue weighted by molar-refractivity contribution is 7.91. The zero-order chi connectivity index (χ0) is 12.9. The van der Waals surface area contributed by atoms with Crippen LogP contribution < -0.4 is 5.32 Å². The van der Waals surface area contributed by atoms with Crippen LogP contribution in [0, 0.1) is 5.82 Å². The van der Waals surface area contributed by atoms with E-state index in [0.29, 0.717) is 0 Å². The molecular formula is C11H16FNO3S. The van der Waals surface area contributed by atoms with Gasteiger partial charge in [0.25, 0.3) is 0 Å². The zero-order valence-corrected chi connectivity index (χ0v) is 10.6. The minimum atomic E-state index is -3.64. The lowest BCUT2D eigenvalue weighted by Gasteiger charge is -2.15. The molecule has 0 saturated heterocycles. The first kappa shape index (κ1) is 14.1. The van der Waals surface area contributed by atoms with Crippen LogP contribution in [0.15, 0.2) is 29.2 Å². The number of sulfone groups is 1. The maximum Gasteiger partial charge on any atom is 0.182 e. The van der Waals surface area contributed by atoms with Crippen LogP contribution in [0.3, 0.4) is 0 Å². The lowest BCUT2D eigenvalue weighted by Crippen LogP contribution is -2.37. The molecule has 0 radical (unpaired) electrons. The third kappa shape index (κ3) is 3.76. The van der Waals surface area contributed by atoms with Gasteiger partial charge in [-0.25, -0.2) is 12.8 Å². The Morgan fingerprint density at radius 1 is 1.41 bits per heavy atom. The van der Waals surface area contributed by atoms with Crippen LogP contribution in [0.5, 0.6) is 0 Å². The molecule has 0 bridgehead atoms.